The Bertz CT molecular complexity index is 145. The van der Waals surface area contributed by atoms with E-state index in [2.05, 4.69) is 19.9 Å². The first-order chi connectivity index (χ1) is 5.22. The van der Waals surface area contributed by atoms with E-state index in [0.717, 1.165) is 31.3 Å². The van der Waals surface area contributed by atoms with Crippen molar-refractivity contribution in [3.05, 3.63) is 11.6 Å². The molecule has 0 aromatic carbocycles. The molecule has 0 fully saturated rings. The zero-order valence-corrected chi connectivity index (χ0v) is 7.83. The minimum Gasteiger partial charge on any atom is -0.210 e. The van der Waals surface area contributed by atoms with E-state index >= 15 is 0 Å². The minimum absolute atomic E-state index is 0.681. The predicted octanol–water partition coefficient (Wildman–Crippen LogP) is 3.36. The average Bonchev–Trinajstić information content (AvgIpc) is 1.97. The van der Waals surface area contributed by atoms with Crippen molar-refractivity contribution in [2.45, 2.75) is 46.5 Å². The fourth-order valence-electron chi connectivity index (χ4n) is 0.934. The Hall–Kier alpha value is -0.680. The number of hydrogen-bond donors (Lipinski definition) is 1. The van der Waals surface area contributed by atoms with Gasteiger partial charge in [-0.15, -0.1) is 0 Å². The zero-order chi connectivity index (χ0) is 8.69. The van der Waals surface area contributed by atoms with Gasteiger partial charge in [-0.2, -0.15) is 0 Å². The molecule has 0 rings (SSSR count). The highest BCUT2D eigenvalue weighted by Crippen LogP contribution is 2.07. The Kier molecular flexibility index (Phi) is 5.68. The maximum absolute atomic E-state index is 7.43. The zero-order valence-electron chi connectivity index (χ0n) is 7.83. The molecule has 1 N–H and O–H groups in total. The number of rotatable bonds is 5. The number of unbranched alkanes of at least 4 members (excludes halogenated alkanes) is 1. The van der Waals surface area contributed by atoms with Gasteiger partial charge in [0.25, 0.3) is 0 Å². The van der Waals surface area contributed by atoms with E-state index in [1.165, 1.54) is 0 Å². The summed E-state index contributed by atoms with van der Waals surface area (Å²) in [5, 5.41) is 7.43. The molecule has 0 unspecified atom stereocenters. The van der Waals surface area contributed by atoms with E-state index in [4.69, 9.17) is 5.41 Å². The molecule has 0 aliphatic heterocycles. The molecule has 0 saturated carbocycles. The molecule has 0 aliphatic carbocycles. The molecule has 0 radical (unpaired) electrons. The summed E-state index contributed by atoms with van der Waals surface area (Å²) in [5.41, 5.74) is 1.79. The maximum Gasteiger partial charge on any atom is 0.188 e. The van der Waals surface area contributed by atoms with Crippen LogP contribution >= 0.6 is 0 Å². The van der Waals surface area contributed by atoms with Crippen LogP contribution in [0.15, 0.2) is 5.57 Å². The van der Waals surface area contributed by atoms with Crippen LogP contribution in [0.2, 0.25) is 0 Å². The number of allylic oxidation sites excluding steroid dienone is 2. The van der Waals surface area contributed by atoms with Crippen LogP contribution in [0, 0.1) is 11.5 Å². The molecule has 0 heterocycles. The molecule has 62 valence electrons. The summed E-state index contributed by atoms with van der Waals surface area (Å²) >= 11 is 0. The summed E-state index contributed by atoms with van der Waals surface area (Å²) in [6.07, 6.45) is 7.50. The van der Waals surface area contributed by atoms with Crippen molar-refractivity contribution >= 4 is 5.71 Å². The van der Waals surface area contributed by atoms with Gasteiger partial charge in [0.05, 0.1) is 12.5 Å². The summed E-state index contributed by atoms with van der Waals surface area (Å²) in [6, 6.07) is 0. The van der Waals surface area contributed by atoms with Crippen molar-refractivity contribution in [2.24, 2.45) is 0 Å². The predicted molar refractivity (Wildman–Crippen MR) is 50.0 cm³/mol. The second-order valence-electron chi connectivity index (χ2n) is 2.78. The number of nitrogens with one attached hydrogen (secondary N) is 1. The lowest BCUT2D eigenvalue weighted by atomic mass is 10.0. The highest BCUT2D eigenvalue weighted by molar-refractivity contribution is 5.94. The van der Waals surface area contributed by atoms with Crippen molar-refractivity contribution in [3.8, 4) is 0 Å². The van der Waals surface area contributed by atoms with E-state index in [1.807, 2.05) is 6.92 Å². The summed E-state index contributed by atoms with van der Waals surface area (Å²) in [5.74, 6) is 0. The third kappa shape index (κ3) is 4.69. The second-order valence-corrected chi connectivity index (χ2v) is 2.78. The average molecular weight is 152 g/mol. The van der Waals surface area contributed by atoms with Crippen molar-refractivity contribution in [1.82, 2.24) is 0 Å². The fourth-order valence-corrected chi connectivity index (χ4v) is 0.934. The molecular weight excluding hydrogens is 134 g/mol. The molecular formula is C10H18N+. The smallest absolute Gasteiger partial charge is 0.188 e. The molecule has 0 saturated heterocycles. The molecule has 0 bridgehead atoms. The summed E-state index contributed by atoms with van der Waals surface area (Å²) in [7, 11) is 0. The van der Waals surface area contributed by atoms with E-state index in [0.29, 0.717) is 5.71 Å². The summed E-state index contributed by atoms with van der Waals surface area (Å²) < 4.78 is 0. The molecule has 0 aromatic rings. The van der Waals surface area contributed by atoms with Gasteiger partial charge in [-0.05, 0) is 12.8 Å². The van der Waals surface area contributed by atoms with Crippen LogP contribution in [0.4, 0.5) is 0 Å². The largest absolute Gasteiger partial charge is 0.210 e. The lowest BCUT2D eigenvalue weighted by Gasteiger charge is -1.90. The SMILES string of the molecule is CCC[C+]=C(CCC)C(C)=N. The van der Waals surface area contributed by atoms with E-state index in [-0.39, 0.29) is 0 Å². The van der Waals surface area contributed by atoms with Crippen molar-refractivity contribution in [3.63, 3.8) is 0 Å². The van der Waals surface area contributed by atoms with Crippen molar-refractivity contribution in [1.29, 1.82) is 5.41 Å². The van der Waals surface area contributed by atoms with Crippen LogP contribution in [0.5, 0.6) is 0 Å². The van der Waals surface area contributed by atoms with Gasteiger partial charge >= 0.3 is 0 Å². The van der Waals surface area contributed by atoms with Gasteiger partial charge in [0.2, 0.25) is 0 Å². The Morgan fingerprint density at radius 3 is 2.27 bits per heavy atom. The topological polar surface area (TPSA) is 23.9 Å². The first-order valence-corrected chi connectivity index (χ1v) is 4.37. The van der Waals surface area contributed by atoms with E-state index in [9.17, 15) is 0 Å². The van der Waals surface area contributed by atoms with E-state index < -0.39 is 0 Å². The quantitative estimate of drug-likeness (QED) is 0.461. The van der Waals surface area contributed by atoms with Crippen LogP contribution in [0.3, 0.4) is 0 Å². The lowest BCUT2D eigenvalue weighted by molar-refractivity contribution is 0.885. The van der Waals surface area contributed by atoms with Crippen LogP contribution < -0.4 is 0 Å². The fraction of sp³-hybridized carbons (Fsp3) is 0.700. The van der Waals surface area contributed by atoms with Crippen LogP contribution in [-0.4, -0.2) is 5.71 Å². The molecule has 0 atom stereocenters. The third-order valence-electron chi connectivity index (χ3n) is 1.54. The normalized spacial score (nSPS) is 11.0. The minimum atomic E-state index is 0.681. The highest BCUT2D eigenvalue weighted by Gasteiger charge is 2.09. The highest BCUT2D eigenvalue weighted by atomic mass is 14.4. The van der Waals surface area contributed by atoms with Crippen molar-refractivity contribution < 1.29 is 0 Å². The van der Waals surface area contributed by atoms with Gasteiger partial charge < -0.3 is 0 Å². The van der Waals surface area contributed by atoms with Crippen molar-refractivity contribution in [2.75, 3.05) is 0 Å². The van der Waals surface area contributed by atoms with Gasteiger partial charge in [0, 0.05) is 13.3 Å². The van der Waals surface area contributed by atoms with Crippen LogP contribution in [0.25, 0.3) is 0 Å². The van der Waals surface area contributed by atoms with Gasteiger partial charge in [-0.25, -0.2) is 5.41 Å². The first-order valence-electron chi connectivity index (χ1n) is 4.37. The molecule has 11 heavy (non-hydrogen) atoms. The van der Waals surface area contributed by atoms with Gasteiger partial charge in [-0.3, -0.25) is 0 Å². The van der Waals surface area contributed by atoms with Crippen LogP contribution in [0.1, 0.15) is 46.5 Å². The maximum atomic E-state index is 7.43. The molecule has 0 aliphatic rings. The van der Waals surface area contributed by atoms with Gasteiger partial charge in [0.15, 0.2) is 11.3 Å². The van der Waals surface area contributed by atoms with E-state index in [1.54, 1.807) is 0 Å². The van der Waals surface area contributed by atoms with Gasteiger partial charge in [0.1, 0.15) is 0 Å². The summed E-state index contributed by atoms with van der Waals surface area (Å²) in [4.78, 5) is 0. The van der Waals surface area contributed by atoms with Gasteiger partial charge in [-0.1, -0.05) is 13.8 Å². The number of hydrogen-bond acceptors (Lipinski definition) is 1. The molecule has 1 nitrogen and oxygen atoms in total. The second kappa shape index (κ2) is 6.06. The molecule has 0 spiro atoms. The Labute approximate surface area is 70.0 Å². The Morgan fingerprint density at radius 2 is 1.91 bits per heavy atom. The monoisotopic (exact) mass is 152 g/mol. The standard InChI is InChI=1S/C10H18N/c1-4-6-8-10(7-5-2)9(3)11/h11H,4-7H2,1-3H3/q+1. The summed E-state index contributed by atoms with van der Waals surface area (Å²) in [6.45, 7) is 6.11. The molecule has 0 amide bonds. The van der Waals surface area contributed by atoms with Crippen LogP contribution in [-0.2, 0) is 0 Å². The Morgan fingerprint density at radius 1 is 1.27 bits per heavy atom. The first kappa shape index (κ1) is 10.3. The lowest BCUT2D eigenvalue weighted by Crippen LogP contribution is -1.95. The third-order valence-corrected chi connectivity index (χ3v) is 1.54. The molecule has 1 heteroatoms. The molecule has 0 aromatic heterocycles. The Balaban J connectivity index is 3.97.